The number of amides is 1. The Balaban J connectivity index is 1.69. The van der Waals surface area contributed by atoms with Gasteiger partial charge in [0, 0.05) is 12.2 Å². The van der Waals surface area contributed by atoms with Crippen LogP contribution in [0.2, 0.25) is 5.15 Å². The molecule has 1 fully saturated rings. The number of fused-ring (bicyclic) bond motifs is 1. The van der Waals surface area contributed by atoms with Gasteiger partial charge in [0.15, 0.2) is 5.65 Å². The first-order chi connectivity index (χ1) is 12.1. The predicted molar refractivity (Wildman–Crippen MR) is 94.6 cm³/mol. The van der Waals surface area contributed by atoms with Crippen molar-refractivity contribution < 1.29 is 4.79 Å². The van der Waals surface area contributed by atoms with Crippen molar-refractivity contribution >= 4 is 23.2 Å². The van der Waals surface area contributed by atoms with Crippen LogP contribution >= 0.6 is 11.6 Å². The second-order valence-corrected chi connectivity index (χ2v) is 6.69. The fourth-order valence-electron chi connectivity index (χ4n) is 3.33. The van der Waals surface area contributed by atoms with Gasteiger partial charge >= 0.3 is 0 Å². The minimum atomic E-state index is -0.0657. The lowest BCUT2D eigenvalue weighted by atomic mass is 9.99. The molecule has 1 amide bonds. The Morgan fingerprint density at radius 2 is 2.08 bits per heavy atom. The number of likely N-dealkylation sites (tertiary alicyclic amines) is 1. The lowest BCUT2D eigenvalue weighted by Gasteiger charge is -2.34. The molecule has 3 aromatic rings. The predicted octanol–water partition coefficient (Wildman–Crippen LogP) is 3.45. The molecule has 4 rings (SSSR count). The quantitative estimate of drug-likeness (QED) is 0.706. The summed E-state index contributed by atoms with van der Waals surface area (Å²) in [5.74, 6) is -0.0450. The van der Waals surface area contributed by atoms with E-state index in [-0.39, 0.29) is 11.9 Å². The van der Waals surface area contributed by atoms with E-state index in [2.05, 4.69) is 15.1 Å². The molecular formula is C18H18ClN5O. The van der Waals surface area contributed by atoms with Gasteiger partial charge in [-0.1, -0.05) is 17.7 Å². The molecule has 1 atom stereocenters. The number of aromatic nitrogens is 4. The standard InChI is InChI=1S/C18H18ClN5O/c1-12-5-4-6-13(20-12)18(25)23-10-3-2-7-15(23)14-11-24-17(21-14)9-8-16(19)22-24/h4-6,8-9,11,15H,2-3,7,10H2,1H3. The maximum atomic E-state index is 13.0. The van der Waals surface area contributed by atoms with Crippen LogP contribution < -0.4 is 0 Å². The Morgan fingerprint density at radius 1 is 1.20 bits per heavy atom. The van der Waals surface area contributed by atoms with E-state index in [1.807, 2.05) is 36.2 Å². The van der Waals surface area contributed by atoms with Crippen LogP contribution in [0.15, 0.2) is 36.5 Å². The lowest BCUT2D eigenvalue weighted by Crippen LogP contribution is -2.39. The summed E-state index contributed by atoms with van der Waals surface area (Å²) >= 11 is 5.96. The van der Waals surface area contributed by atoms with Crippen molar-refractivity contribution in [3.05, 3.63) is 58.8 Å². The zero-order valence-corrected chi connectivity index (χ0v) is 14.6. The molecule has 0 spiro atoms. The number of hydrogen-bond acceptors (Lipinski definition) is 4. The molecule has 6 nitrogen and oxygen atoms in total. The van der Waals surface area contributed by atoms with Crippen LogP contribution in [0, 0.1) is 6.92 Å². The molecular weight excluding hydrogens is 338 g/mol. The Kier molecular flexibility index (Phi) is 4.13. The summed E-state index contributed by atoms with van der Waals surface area (Å²) in [7, 11) is 0. The van der Waals surface area contributed by atoms with Gasteiger partial charge in [0.05, 0.1) is 17.9 Å². The summed E-state index contributed by atoms with van der Waals surface area (Å²) in [5, 5.41) is 4.65. The third kappa shape index (κ3) is 3.09. The minimum absolute atomic E-state index is 0.0450. The second-order valence-electron chi connectivity index (χ2n) is 6.30. The largest absolute Gasteiger partial charge is 0.329 e. The summed E-state index contributed by atoms with van der Waals surface area (Å²) in [6.07, 6.45) is 4.81. The number of imidazole rings is 1. The molecule has 7 heteroatoms. The van der Waals surface area contributed by atoms with Gasteiger partial charge < -0.3 is 4.90 Å². The van der Waals surface area contributed by atoms with Gasteiger partial charge in [0.2, 0.25) is 0 Å². The third-order valence-corrected chi connectivity index (χ3v) is 4.72. The summed E-state index contributed by atoms with van der Waals surface area (Å²) < 4.78 is 1.67. The van der Waals surface area contributed by atoms with Crippen molar-refractivity contribution in [1.82, 2.24) is 24.5 Å². The summed E-state index contributed by atoms with van der Waals surface area (Å²) in [6, 6.07) is 9.01. The van der Waals surface area contributed by atoms with Gasteiger partial charge in [-0.2, -0.15) is 5.10 Å². The average Bonchev–Trinajstić information content (AvgIpc) is 3.04. The van der Waals surface area contributed by atoms with Crippen LogP contribution in [-0.4, -0.2) is 36.9 Å². The molecule has 3 aromatic heterocycles. The van der Waals surface area contributed by atoms with Crippen molar-refractivity contribution in [3.63, 3.8) is 0 Å². The van der Waals surface area contributed by atoms with E-state index in [9.17, 15) is 4.79 Å². The zero-order chi connectivity index (χ0) is 17.4. The SMILES string of the molecule is Cc1cccc(C(=O)N2CCCCC2c2cn3nc(Cl)ccc3n2)n1. The van der Waals surface area contributed by atoms with Gasteiger partial charge in [-0.05, 0) is 50.5 Å². The van der Waals surface area contributed by atoms with E-state index in [0.29, 0.717) is 17.4 Å². The number of aryl methyl sites for hydroxylation is 1. The molecule has 1 saturated heterocycles. The topological polar surface area (TPSA) is 63.4 Å². The number of pyridine rings is 1. The van der Waals surface area contributed by atoms with Crippen LogP contribution in [0.4, 0.5) is 0 Å². The van der Waals surface area contributed by atoms with Crippen molar-refractivity contribution in [2.24, 2.45) is 0 Å². The fourth-order valence-corrected chi connectivity index (χ4v) is 3.47. The van der Waals surface area contributed by atoms with Crippen molar-refractivity contribution in [1.29, 1.82) is 0 Å². The maximum Gasteiger partial charge on any atom is 0.273 e. The van der Waals surface area contributed by atoms with E-state index >= 15 is 0 Å². The van der Waals surface area contributed by atoms with Crippen LogP contribution in [0.3, 0.4) is 0 Å². The molecule has 25 heavy (non-hydrogen) atoms. The van der Waals surface area contributed by atoms with Crippen molar-refractivity contribution in [3.8, 4) is 0 Å². The number of nitrogens with zero attached hydrogens (tertiary/aromatic N) is 5. The Bertz CT molecular complexity index is 938. The highest BCUT2D eigenvalue weighted by molar-refractivity contribution is 6.29. The van der Waals surface area contributed by atoms with E-state index in [1.54, 1.807) is 16.6 Å². The molecule has 1 unspecified atom stereocenters. The first-order valence-electron chi connectivity index (χ1n) is 8.38. The van der Waals surface area contributed by atoms with Crippen LogP contribution in [-0.2, 0) is 0 Å². The second kappa shape index (κ2) is 6.44. The first kappa shape index (κ1) is 16.0. The maximum absolute atomic E-state index is 13.0. The molecule has 4 heterocycles. The van der Waals surface area contributed by atoms with Gasteiger partial charge in [-0.25, -0.2) is 14.5 Å². The highest BCUT2D eigenvalue weighted by atomic mass is 35.5. The molecule has 128 valence electrons. The van der Waals surface area contributed by atoms with Crippen LogP contribution in [0.1, 0.15) is 47.2 Å². The molecule has 0 N–H and O–H groups in total. The van der Waals surface area contributed by atoms with Crippen molar-refractivity contribution in [2.45, 2.75) is 32.2 Å². The monoisotopic (exact) mass is 355 g/mol. The van der Waals surface area contributed by atoms with Gasteiger partial charge in [0.1, 0.15) is 10.8 Å². The smallest absolute Gasteiger partial charge is 0.273 e. The Labute approximate surface area is 150 Å². The zero-order valence-electron chi connectivity index (χ0n) is 13.9. The fraction of sp³-hybridized carbons (Fsp3) is 0.333. The highest BCUT2D eigenvalue weighted by Crippen LogP contribution is 2.31. The molecule has 1 aliphatic heterocycles. The number of hydrogen-bond donors (Lipinski definition) is 0. The summed E-state index contributed by atoms with van der Waals surface area (Å²) in [4.78, 5) is 23.9. The van der Waals surface area contributed by atoms with E-state index in [0.717, 1.165) is 36.3 Å². The molecule has 1 aliphatic rings. The van der Waals surface area contributed by atoms with Gasteiger partial charge in [-0.15, -0.1) is 0 Å². The number of rotatable bonds is 2. The number of piperidine rings is 1. The van der Waals surface area contributed by atoms with Gasteiger partial charge in [-0.3, -0.25) is 4.79 Å². The molecule has 0 aliphatic carbocycles. The normalized spacial score (nSPS) is 17.8. The Hall–Kier alpha value is -2.47. The van der Waals surface area contributed by atoms with Gasteiger partial charge in [0.25, 0.3) is 5.91 Å². The van der Waals surface area contributed by atoms with Crippen molar-refractivity contribution in [2.75, 3.05) is 6.54 Å². The highest BCUT2D eigenvalue weighted by Gasteiger charge is 2.31. The van der Waals surface area contributed by atoms with Crippen LogP contribution in [0.5, 0.6) is 0 Å². The van der Waals surface area contributed by atoms with Crippen LogP contribution in [0.25, 0.3) is 5.65 Å². The average molecular weight is 356 g/mol. The first-order valence-corrected chi connectivity index (χ1v) is 8.76. The molecule has 0 aromatic carbocycles. The lowest BCUT2D eigenvalue weighted by molar-refractivity contribution is 0.0600. The van der Waals surface area contributed by atoms with E-state index in [1.165, 1.54) is 0 Å². The Morgan fingerprint density at radius 3 is 2.92 bits per heavy atom. The number of carbonyl (C=O) groups is 1. The number of halogens is 1. The summed E-state index contributed by atoms with van der Waals surface area (Å²) in [5.41, 5.74) is 2.89. The molecule has 0 saturated carbocycles. The van der Waals surface area contributed by atoms with E-state index < -0.39 is 0 Å². The molecule has 0 bridgehead atoms. The number of carbonyl (C=O) groups excluding carboxylic acids is 1. The molecule has 0 radical (unpaired) electrons. The summed E-state index contributed by atoms with van der Waals surface area (Å²) in [6.45, 7) is 2.60. The third-order valence-electron chi connectivity index (χ3n) is 4.52. The van der Waals surface area contributed by atoms with E-state index in [4.69, 9.17) is 11.6 Å². The minimum Gasteiger partial charge on any atom is -0.329 e.